The molecule has 7 heteroatoms. The number of carbonyl (C=O) groups excluding carboxylic acids is 2. The van der Waals surface area contributed by atoms with E-state index in [0.29, 0.717) is 22.1 Å². The second kappa shape index (κ2) is 9.22. The van der Waals surface area contributed by atoms with Gasteiger partial charge in [-0.2, -0.15) is 0 Å². The van der Waals surface area contributed by atoms with Gasteiger partial charge in [0.2, 0.25) is 11.8 Å². The van der Waals surface area contributed by atoms with Crippen LogP contribution in [0.3, 0.4) is 0 Å². The van der Waals surface area contributed by atoms with Crippen LogP contribution in [0, 0.1) is 6.92 Å². The number of methoxy groups -OCH3 is 1. The summed E-state index contributed by atoms with van der Waals surface area (Å²) in [5, 5.41) is 6.22. The standard InChI is InChI=1S/C19H22ClN3O3/c1-13-9-14(20)7-8-17(13)22-19(25)12-23(2)11-18(24)21-15-5-4-6-16(10-15)26-3/h4-10H,11-12H2,1-3H3,(H,21,24)(H,22,25). The van der Waals surface area contributed by atoms with Crippen LogP contribution < -0.4 is 15.4 Å². The third-order valence-electron chi connectivity index (χ3n) is 3.64. The minimum atomic E-state index is -0.212. The molecule has 0 spiro atoms. The van der Waals surface area contributed by atoms with Crippen molar-refractivity contribution in [3.63, 3.8) is 0 Å². The molecule has 0 aliphatic rings. The van der Waals surface area contributed by atoms with Gasteiger partial charge < -0.3 is 15.4 Å². The summed E-state index contributed by atoms with van der Waals surface area (Å²) < 4.78 is 5.12. The Bertz CT molecular complexity index is 795. The van der Waals surface area contributed by atoms with E-state index >= 15 is 0 Å². The van der Waals surface area contributed by atoms with Crippen LogP contribution in [-0.4, -0.2) is 44.0 Å². The zero-order chi connectivity index (χ0) is 19.1. The summed E-state index contributed by atoms with van der Waals surface area (Å²) in [6.07, 6.45) is 0. The molecule has 2 N–H and O–H groups in total. The summed E-state index contributed by atoms with van der Waals surface area (Å²) >= 11 is 5.91. The first-order chi connectivity index (χ1) is 12.4. The summed E-state index contributed by atoms with van der Waals surface area (Å²) in [7, 11) is 3.27. The van der Waals surface area contributed by atoms with Crippen LogP contribution in [-0.2, 0) is 9.59 Å². The smallest absolute Gasteiger partial charge is 0.238 e. The highest BCUT2D eigenvalue weighted by atomic mass is 35.5. The number of nitrogens with one attached hydrogen (secondary N) is 2. The molecule has 0 atom stereocenters. The lowest BCUT2D eigenvalue weighted by Crippen LogP contribution is -2.36. The number of ether oxygens (including phenoxy) is 1. The highest BCUT2D eigenvalue weighted by Gasteiger charge is 2.12. The third kappa shape index (κ3) is 6.06. The molecule has 0 aromatic heterocycles. The van der Waals surface area contributed by atoms with Crippen LogP contribution in [0.1, 0.15) is 5.56 Å². The van der Waals surface area contributed by atoms with E-state index in [1.807, 2.05) is 6.92 Å². The summed E-state index contributed by atoms with van der Waals surface area (Å²) in [5.41, 5.74) is 2.22. The molecular formula is C19H22ClN3O3. The van der Waals surface area contributed by atoms with E-state index in [0.717, 1.165) is 5.56 Å². The molecule has 0 saturated heterocycles. The summed E-state index contributed by atoms with van der Waals surface area (Å²) in [5.74, 6) is 0.247. The number of rotatable bonds is 7. The number of carbonyl (C=O) groups is 2. The van der Waals surface area contributed by atoms with Gasteiger partial charge in [0.25, 0.3) is 0 Å². The molecule has 138 valence electrons. The largest absolute Gasteiger partial charge is 0.497 e. The van der Waals surface area contributed by atoms with E-state index in [9.17, 15) is 9.59 Å². The van der Waals surface area contributed by atoms with Crippen molar-refractivity contribution in [1.29, 1.82) is 0 Å². The number of benzene rings is 2. The van der Waals surface area contributed by atoms with Crippen molar-refractivity contribution in [2.45, 2.75) is 6.92 Å². The van der Waals surface area contributed by atoms with E-state index in [-0.39, 0.29) is 24.9 Å². The van der Waals surface area contributed by atoms with E-state index in [4.69, 9.17) is 16.3 Å². The third-order valence-corrected chi connectivity index (χ3v) is 3.88. The van der Waals surface area contributed by atoms with Gasteiger partial charge in [0.1, 0.15) is 5.75 Å². The minimum absolute atomic E-state index is 0.0875. The summed E-state index contributed by atoms with van der Waals surface area (Å²) in [6.45, 7) is 2.05. The zero-order valence-electron chi connectivity index (χ0n) is 15.0. The Morgan fingerprint density at radius 1 is 1.08 bits per heavy atom. The SMILES string of the molecule is COc1cccc(NC(=O)CN(C)CC(=O)Nc2ccc(Cl)cc2C)c1. The van der Waals surface area contributed by atoms with Crippen molar-refractivity contribution in [3.8, 4) is 5.75 Å². The molecule has 2 rings (SSSR count). The first-order valence-electron chi connectivity index (χ1n) is 8.06. The molecule has 0 aliphatic heterocycles. The van der Waals surface area contributed by atoms with Crippen molar-refractivity contribution in [3.05, 3.63) is 53.1 Å². The monoisotopic (exact) mass is 375 g/mol. The van der Waals surface area contributed by atoms with E-state index in [1.54, 1.807) is 61.5 Å². The molecule has 0 aliphatic carbocycles. The van der Waals surface area contributed by atoms with Crippen LogP contribution in [0.15, 0.2) is 42.5 Å². The number of amides is 2. The van der Waals surface area contributed by atoms with E-state index in [2.05, 4.69) is 10.6 Å². The maximum atomic E-state index is 12.1. The number of hydrogen-bond acceptors (Lipinski definition) is 4. The number of nitrogens with zero attached hydrogens (tertiary/aromatic N) is 1. The molecule has 0 fully saturated rings. The normalized spacial score (nSPS) is 10.5. The molecule has 2 amide bonds. The summed E-state index contributed by atoms with van der Waals surface area (Å²) in [6, 6.07) is 12.3. The maximum Gasteiger partial charge on any atom is 0.238 e. The molecule has 0 heterocycles. The van der Waals surface area contributed by atoms with Crippen LogP contribution in [0.2, 0.25) is 5.02 Å². The maximum absolute atomic E-state index is 12.1. The van der Waals surface area contributed by atoms with Crippen LogP contribution >= 0.6 is 11.6 Å². The number of hydrogen-bond donors (Lipinski definition) is 2. The van der Waals surface area contributed by atoms with Gasteiger partial charge in [-0.05, 0) is 49.9 Å². The second-order valence-corrected chi connectivity index (χ2v) is 6.40. The van der Waals surface area contributed by atoms with Gasteiger partial charge >= 0.3 is 0 Å². The van der Waals surface area contributed by atoms with Crippen molar-refractivity contribution in [2.24, 2.45) is 0 Å². The Kier molecular flexibility index (Phi) is 7.00. The lowest BCUT2D eigenvalue weighted by atomic mass is 10.2. The number of halogens is 1. The zero-order valence-corrected chi connectivity index (χ0v) is 15.8. The number of anilines is 2. The Morgan fingerprint density at radius 2 is 1.77 bits per heavy atom. The van der Waals surface area contributed by atoms with Crippen LogP contribution in [0.25, 0.3) is 0 Å². The fourth-order valence-electron chi connectivity index (χ4n) is 2.40. The number of aryl methyl sites for hydroxylation is 1. The molecule has 0 bridgehead atoms. The molecular weight excluding hydrogens is 354 g/mol. The van der Waals surface area contributed by atoms with Gasteiger partial charge in [0.15, 0.2) is 0 Å². The lowest BCUT2D eigenvalue weighted by molar-refractivity contribution is -0.119. The fraction of sp³-hybridized carbons (Fsp3) is 0.263. The average molecular weight is 376 g/mol. The average Bonchev–Trinajstić information content (AvgIpc) is 2.57. The molecule has 2 aromatic carbocycles. The Labute approximate surface area is 158 Å². The topological polar surface area (TPSA) is 70.7 Å². The molecule has 6 nitrogen and oxygen atoms in total. The van der Waals surface area contributed by atoms with Crippen LogP contribution in [0.5, 0.6) is 5.75 Å². The van der Waals surface area contributed by atoms with Gasteiger partial charge in [0, 0.05) is 22.5 Å². The van der Waals surface area contributed by atoms with Crippen molar-refractivity contribution in [1.82, 2.24) is 4.90 Å². The predicted octanol–water partition coefficient (Wildman–Crippen LogP) is 3.17. The van der Waals surface area contributed by atoms with E-state index < -0.39 is 0 Å². The fourth-order valence-corrected chi connectivity index (χ4v) is 2.63. The van der Waals surface area contributed by atoms with Crippen molar-refractivity contribution in [2.75, 3.05) is 37.9 Å². The van der Waals surface area contributed by atoms with Gasteiger partial charge in [-0.1, -0.05) is 17.7 Å². The Morgan fingerprint density at radius 3 is 2.42 bits per heavy atom. The first-order valence-corrected chi connectivity index (χ1v) is 8.43. The van der Waals surface area contributed by atoms with E-state index in [1.165, 1.54) is 0 Å². The van der Waals surface area contributed by atoms with Crippen molar-refractivity contribution < 1.29 is 14.3 Å². The first kappa shape index (κ1) is 19.8. The minimum Gasteiger partial charge on any atom is -0.497 e. The lowest BCUT2D eigenvalue weighted by Gasteiger charge is -2.17. The Balaban J connectivity index is 1.84. The highest BCUT2D eigenvalue weighted by Crippen LogP contribution is 2.19. The molecule has 26 heavy (non-hydrogen) atoms. The predicted molar refractivity (Wildman–Crippen MR) is 104 cm³/mol. The molecule has 0 saturated carbocycles. The van der Waals surface area contributed by atoms with Gasteiger partial charge in [-0.15, -0.1) is 0 Å². The Hall–Kier alpha value is -2.57. The van der Waals surface area contributed by atoms with Crippen LogP contribution in [0.4, 0.5) is 11.4 Å². The molecule has 2 aromatic rings. The number of likely N-dealkylation sites (N-methyl/N-ethyl adjacent to an activating group) is 1. The second-order valence-electron chi connectivity index (χ2n) is 5.96. The molecule has 0 unspecified atom stereocenters. The summed E-state index contributed by atoms with van der Waals surface area (Å²) in [4.78, 5) is 25.9. The highest BCUT2D eigenvalue weighted by molar-refractivity contribution is 6.30. The quantitative estimate of drug-likeness (QED) is 0.779. The van der Waals surface area contributed by atoms with Crippen molar-refractivity contribution >= 4 is 34.8 Å². The van der Waals surface area contributed by atoms with Gasteiger partial charge in [-0.3, -0.25) is 14.5 Å². The molecule has 0 radical (unpaired) electrons. The van der Waals surface area contributed by atoms with Gasteiger partial charge in [0.05, 0.1) is 20.2 Å². The van der Waals surface area contributed by atoms with Gasteiger partial charge in [-0.25, -0.2) is 0 Å².